The second-order valence-corrected chi connectivity index (χ2v) is 5.71. The summed E-state index contributed by atoms with van der Waals surface area (Å²) in [6.45, 7) is -0.221. The lowest BCUT2D eigenvalue weighted by Crippen LogP contribution is -2.70. The van der Waals surface area contributed by atoms with Crippen LogP contribution in [0.5, 0.6) is 0 Å². The van der Waals surface area contributed by atoms with Crippen molar-refractivity contribution in [2.24, 2.45) is 16.6 Å². The van der Waals surface area contributed by atoms with Crippen LogP contribution in [0, 0.1) is 10.8 Å². The number of alkyl halides is 1. The number of carbonyl (C=O) groups is 1. The van der Waals surface area contributed by atoms with Crippen LogP contribution < -0.4 is 5.73 Å². The third kappa shape index (κ3) is 1.73. The molecule has 3 saturated carbocycles. The molecule has 0 aromatic carbocycles. The highest BCUT2D eigenvalue weighted by Gasteiger charge is 2.70. The van der Waals surface area contributed by atoms with Crippen LogP contribution in [-0.4, -0.2) is 23.8 Å². The first-order chi connectivity index (χ1) is 7.54. The fourth-order valence-electron chi connectivity index (χ4n) is 3.71. The molecule has 3 rings (SSSR count). The third-order valence-corrected chi connectivity index (χ3v) is 4.45. The van der Waals surface area contributed by atoms with Gasteiger partial charge in [-0.1, -0.05) is 12.8 Å². The first-order valence-corrected chi connectivity index (χ1v) is 6.08. The SMILES string of the molecule is NC(C(=O)O)C12CC(CCCCCF)(C1)C2. The van der Waals surface area contributed by atoms with Crippen LogP contribution in [0.4, 0.5) is 4.39 Å². The Hall–Kier alpha value is -0.640. The van der Waals surface area contributed by atoms with Crippen molar-refractivity contribution in [2.45, 2.75) is 51.0 Å². The van der Waals surface area contributed by atoms with Gasteiger partial charge in [0.1, 0.15) is 6.04 Å². The van der Waals surface area contributed by atoms with Crippen LogP contribution in [0.1, 0.15) is 44.9 Å². The molecular weight excluding hydrogens is 209 g/mol. The average molecular weight is 229 g/mol. The number of carboxylic acids is 1. The summed E-state index contributed by atoms with van der Waals surface area (Å²) in [6, 6.07) is -0.680. The molecule has 2 bridgehead atoms. The summed E-state index contributed by atoms with van der Waals surface area (Å²) in [7, 11) is 0. The summed E-state index contributed by atoms with van der Waals surface area (Å²) < 4.78 is 11.9. The van der Waals surface area contributed by atoms with Gasteiger partial charge in [-0.3, -0.25) is 9.18 Å². The maximum atomic E-state index is 11.9. The highest BCUT2D eigenvalue weighted by atomic mass is 19.1. The molecule has 0 heterocycles. The molecule has 3 aliphatic carbocycles. The lowest BCUT2D eigenvalue weighted by Gasteiger charge is -2.72. The zero-order valence-corrected chi connectivity index (χ0v) is 9.54. The van der Waals surface area contributed by atoms with Crippen LogP contribution >= 0.6 is 0 Å². The predicted octanol–water partition coefficient (Wildman–Crippen LogP) is 2.10. The van der Waals surface area contributed by atoms with Crippen LogP contribution in [0.2, 0.25) is 0 Å². The van der Waals surface area contributed by atoms with Gasteiger partial charge in [0, 0.05) is 0 Å². The number of hydrogen-bond donors (Lipinski definition) is 2. The van der Waals surface area contributed by atoms with Gasteiger partial charge >= 0.3 is 5.97 Å². The number of rotatable bonds is 7. The van der Waals surface area contributed by atoms with E-state index in [1.54, 1.807) is 0 Å². The summed E-state index contributed by atoms with van der Waals surface area (Å²) in [5, 5.41) is 8.87. The van der Waals surface area contributed by atoms with Crippen LogP contribution in [-0.2, 0) is 4.79 Å². The van der Waals surface area contributed by atoms with E-state index in [0.717, 1.165) is 38.5 Å². The maximum absolute atomic E-state index is 11.9. The van der Waals surface area contributed by atoms with Crippen molar-refractivity contribution < 1.29 is 14.3 Å². The van der Waals surface area contributed by atoms with E-state index >= 15 is 0 Å². The lowest BCUT2D eigenvalue weighted by molar-refractivity contribution is -0.224. The highest BCUT2D eigenvalue weighted by Crippen LogP contribution is 2.76. The highest BCUT2D eigenvalue weighted by molar-refractivity contribution is 5.75. The molecule has 0 aromatic heterocycles. The zero-order valence-electron chi connectivity index (χ0n) is 9.54. The molecule has 16 heavy (non-hydrogen) atoms. The fraction of sp³-hybridized carbons (Fsp3) is 0.917. The third-order valence-electron chi connectivity index (χ3n) is 4.45. The van der Waals surface area contributed by atoms with E-state index in [1.165, 1.54) is 0 Å². The molecule has 0 amide bonds. The van der Waals surface area contributed by atoms with Crippen molar-refractivity contribution >= 4 is 5.97 Å². The molecule has 3 nitrogen and oxygen atoms in total. The Bertz CT molecular complexity index is 273. The predicted molar refractivity (Wildman–Crippen MR) is 58.8 cm³/mol. The number of halogens is 1. The average Bonchev–Trinajstić information content (AvgIpc) is 2.12. The first kappa shape index (κ1) is 11.8. The quantitative estimate of drug-likeness (QED) is 0.657. The number of unbranched alkanes of at least 4 members (excludes halogenated alkanes) is 2. The second-order valence-electron chi connectivity index (χ2n) is 5.71. The first-order valence-electron chi connectivity index (χ1n) is 6.08. The van der Waals surface area contributed by atoms with Gasteiger partial charge in [-0.25, -0.2) is 0 Å². The van der Waals surface area contributed by atoms with Gasteiger partial charge in [0.15, 0.2) is 0 Å². The minimum Gasteiger partial charge on any atom is -0.480 e. The Balaban J connectivity index is 1.70. The van der Waals surface area contributed by atoms with Crippen LogP contribution in [0.3, 0.4) is 0 Å². The van der Waals surface area contributed by atoms with Gasteiger partial charge in [-0.05, 0) is 42.9 Å². The Morgan fingerprint density at radius 1 is 1.31 bits per heavy atom. The minimum absolute atomic E-state index is 0.0913. The topological polar surface area (TPSA) is 63.3 Å². The van der Waals surface area contributed by atoms with Crippen molar-refractivity contribution in [3.63, 3.8) is 0 Å². The maximum Gasteiger partial charge on any atom is 0.321 e. The standard InChI is InChI=1S/C12H20FNO2/c13-5-3-1-2-4-11-6-12(7-11,8-11)9(14)10(15)16/h9H,1-8,14H2,(H,15,16). The molecule has 1 unspecified atom stereocenters. The van der Waals surface area contributed by atoms with Crippen molar-refractivity contribution in [1.29, 1.82) is 0 Å². The Morgan fingerprint density at radius 2 is 1.94 bits per heavy atom. The molecule has 0 spiro atoms. The molecule has 3 N–H and O–H groups in total. The van der Waals surface area contributed by atoms with Crippen molar-refractivity contribution in [2.75, 3.05) is 6.67 Å². The van der Waals surface area contributed by atoms with Gasteiger partial charge in [0.25, 0.3) is 0 Å². The molecule has 3 fully saturated rings. The minimum atomic E-state index is -0.870. The summed E-state index contributed by atoms with van der Waals surface area (Å²) in [6.07, 6.45) is 6.74. The molecule has 0 radical (unpaired) electrons. The van der Waals surface area contributed by atoms with E-state index in [4.69, 9.17) is 10.8 Å². The van der Waals surface area contributed by atoms with E-state index in [0.29, 0.717) is 11.8 Å². The summed E-state index contributed by atoms with van der Waals surface area (Å²) in [4.78, 5) is 10.8. The van der Waals surface area contributed by atoms with Gasteiger partial charge < -0.3 is 10.8 Å². The Kier molecular flexibility index (Phi) is 2.95. The van der Waals surface area contributed by atoms with E-state index < -0.39 is 12.0 Å². The van der Waals surface area contributed by atoms with E-state index in [9.17, 15) is 9.18 Å². The number of carboxylic acid groups (broad SMARTS) is 1. The number of aliphatic carboxylic acids is 1. The van der Waals surface area contributed by atoms with E-state index in [2.05, 4.69) is 0 Å². The van der Waals surface area contributed by atoms with Crippen LogP contribution in [0.25, 0.3) is 0 Å². The van der Waals surface area contributed by atoms with E-state index in [1.807, 2.05) is 0 Å². The monoisotopic (exact) mass is 229 g/mol. The molecule has 92 valence electrons. The molecule has 0 saturated heterocycles. The van der Waals surface area contributed by atoms with Gasteiger partial charge in [-0.15, -0.1) is 0 Å². The number of hydrogen-bond acceptors (Lipinski definition) is 2. The normalized spacial score (nSPS) is 37.4. The van der Waals surface area contributed by atoms with Crippen molar-refractivity contribution in [3.05, 3.63) is 0 Å². The molecule has 0 aromatic rings. The van der Waals surface area contributed by atoms with Gasteiger partial charge in [0.05, 0.1) is 6.67 Å². The molecule has 1 atom stereocenters. The zero-order chi connectivity index (χ0) is 11.8. The Labute approximate surface area is 95.2 Å². The number of nitrogens with two attached hydrogens (primary N) is 1. The lowest BCUT2D eigenvalue weighted by atomic mass is 9.32. The fourth-order valence-corrected chi connectivity index (χ4v) is 3.71. The summed E-state index contributed by atoms with van der Waals surface area (Å²) in [5.74, 6) is -0.870. The molecule has 4 heteroatoms. The van der Waals surface area contributed by atoms with Crippen molar-refractivity contribution in [1.82, 2.24) is 0 Å². The Morgan fingerprint density at radius 3 is 2.44 bits per heavy atom. The molecule has 3 aliphatic rings. The van der Waals surface area contributed by atoms with Gasteiger partial charge in [0.2, 0.25) is 0 Å². The van der Waals surface area contributed by atoms with Crippen molar-refractivity contribution in [3.8, 4) is 0 Å². The van der Waals surface area contributed by atoms with Gasteiger partial charge in [-0.2, -0.15) is 0 Å². The molecule has 0 aliphatic heterocycles. The smallest absolute Gasteiger partial charge is 0.321 e. The second kappa shape index (κ2) is 3.99. The molecular formula is C12H20FNO2. The van der Waals surface area contributed by atoms with Crippen LogP contribution in [0.15, 0.2) is 0 Å². The summed E-state index contributed by atoms with van der Waals surface area (Å²) in [5.41, 5.74) is 5.97. The summed E-state index contributed by atoms with van der Waals surface area (Å²) >= 11 is 0. The van der Waals surface area contributed by atoms with E-state index in [-0.39, 0.29) is 12.1 Å². The largest absolute Gasteiger partial charge is 0.480 e.